The van der Waals surface area contributed by atoms with Crippen molar-refractivity contribution in [3.8, 4) is 0 Å². The van der Waals surface area contributed by atoms with E-state index in [-0.39, 0.29) is 0 Å². The zero-order valence-electron chi connectivity index (χ0n) is 6.02. The van der Waals surface area contributed by atoms with Crippen LogP contribution in [0.3, 0.4) is 0 Å². The molecule has 1 aliphatic heterocycles. The van der Waals surface area contributed by atoms with Gasteiger partial charge in [0.15, 0.2) is 0 Å². The summed E-state index contributed by atoms with van der Waals surface area (Å²) in [6.07, 6.45) is 0. The van der Waals surface area contributed by atoms with Crippen molar-refractivity contribution in [2.45, 2.75) is 0 Å². The molecule has 0 unspecified atom stereocenters. The van der Waals surface area contributed by atoms with Gasteiger partial charge in [0.05, 0.1) is 27.2 Å². The summed E-state index contributed by atoms with van der Waals surface area (Å²) in [5.41, 5.74) is 0. The fourth-order valence-electron chi connectivity index (χ4n) is 1.24. The molecule has 0 aliphatic carbocycles. The fraction of sp³-hybridized carbons (Fsp3) is 1.00. The summed E-state index contributed by atoms with van der Waals surface area (Å²) in [5.74, 6) is 0. The van der Waals surface area contributed by atoms with Crippen molar-refractivity contribution in [2.24, 2.45) is 0 Å². The van der Waals surface area contributed by atoms with E-state index < -0.39 is 0 Å². The van der Waals surface area contributed by atoms with Crippen LogP contribution in [0.2, 0.25) is 0 Å². The molecule has 0 saturated carbocycles. The van der Waals surface area contributed by atoms with E-state index in [1.807, 2.05) is 0 Å². The maximum atomic E-state index is 2.36. The van der Waals surface area contributed by atoms with Gasteiger partial charge in [-0.2, -0.15) is 0 Å². The molecule has 0 radical (unpaired) electrons. The smallest absolute Gasteiger partial charge is 0.134 e. The number of hydrogen-bond donors (Lipinski definition) is 0. The summed E-state index contributed by atoms with van der Waals surface area (Å²) in [7, 11) is 6.71. The molecule has 48 valence electrons. The summed E-state index contributed by atoms with van der Waals surface area (Å²) in [6.45, 7) is 3.77. The van der Waals surface area contributed by atoms with Crippen LogP contribution in [0.1, 0.15) is 0 Å². The summed E-state index contributed by atoms with van der Waals surface area (Å²) < 4.78 is 1.16. The quantitative estimate of drug-likeness (QED) is 0.401. The van der Waals surface area contributed by atoms with Crippen LogP contribution in [0, 0.1) is 0 Å². The topological polar surface area (TPSA) is 3.24 Å². The lowest BCUT2D eigenvalue weighted by Crippen LogP contribution is -2.37. The molecule has 0 aromatic rings. The molecule has 8 heavy (non-hydrogen) atoms. The Morgan fingerprint density at radius 3 is 2.12 bits per heavy atom. The highest BCUT2D eigenvalue weighted by Crippen LogP contribution is 2.06. The third-order valence-corrected chi connectivity index (χ3v) is 1.71. The monoisotopic (exact) mass is 115 g/mol. The van der Waals surface area contributed by atoms with Crippen molar-refractivity contribution in [3.63, 3.8) is 0 Å². The van der Waals surface area contributed by atoms with Crippen LogP contribution in [0.4, 0.5) is 0 Å². The Labute approximate surface area is 51.3 Å². The van der Waals surface area contributed by atoms with Crippen molar-refractivity contribution < 1.29 is 4.48 Å². The molecular formula is C6H15N2+. The molecule has 0 spiro atoms. The third-order valence-electron chi connectivity index (χ3n) is 1.71. The van der Waals surface area contributed by atoms with E-state index in [2.05, 4.69) is 26.0 Å². The average molecular weight is 115 g/mol. The zero-order chi connectivity index (χ0) is 6.20. The standard InChI is InChI=1S/C6H15N2/c1-7-4-5-8(2,3)6-7/h4-6H2,1-3H3/q+1. The molecule has 0 amide bonds. The predicted molar refractivity (Wildman–Crippen MR) is 34.5 cm³/mol. The lowest BCUT2D eigenvalue weighted by atomic mass is 10.6. The van der Waals surface area contributed by atoms with Gasteiger partial charge in [-0.1, -0.05) is 0 Å². The van der Waals surface area contributed by atoms with Crippen molar-refractivity contribution in [1.82, 2.24) is 4.90 Å². The van der Waals surface area contributed by atoms with Crippen LogP contribution < -0.4 is 0 Å². The zero-order valence-corrected chi connectivity index (χ0v) is 6.02. The molecule has 1 aliphatic rings. The Balaban J connectivity index is 2.44. The Hall–Kier alpha value is -0.0800. The largest absolute Gasteiger partial charge is 0.315 e. The first-order valence-electron chi connectivity index (χ1n) is 3.11. The van der Waals surface area contributed by atoms with E-state index in [1.54, 1.807) is 0 Å². The molecule has 1 heterocycles. The van der Waals surface area contributed by atoms with Crippen molar-refractivity contribution in [2.75, 3.05) is 40.9 Å². The highest BCUT2D eigenvalue weighted by atomic mass is 15.5. The first kappa shape index (κ1) is 6.05. The maximum Gasteiger partial charge on any atom is 0.134 e. The molecule has 1 saturated heterocycles. The Kier molecular flexibility index (Phi) is 1.29. The second kappa shape index (κ2) is 1.71. The first-order chi connectivity index (χ1) is 3.60. The second-order valence-corrected chi connectivity index (χ2v) is 3.38. The minimum atomic E-state index is 1.16. The highest BCUT2D eigenvalue weighted by molar-refractivity contribution is 4.51. The summed E-state index contributed by atoms with van der Waals surface area (Å²) >= 11 is 0. The van der Waals surface area contributed by atoms with Gasteiger partial charge in [0.2, 0.25) is 0 Å². The number of nitrogens with zero attached hydrogens (tertiary/aromatic N) is 2. The van der Waals surface area contributed by atoms with Gasteiger partial charge in [-0.15, -0.1) is 0 Å². The van der Waals surface area contributed by atoms with Crippen LogP contribution in [-0.4, -0.2) is 50.3 Å². The Morgan fingerprint density at radius 1 is 1.38 bits per heavy atom. The molecule has 1 fully saturated rings. The molecule has 0 bridgehead atoms. The lowest BCUT2D eigenvalue weighted by Gasteiger charge is -2.22. The number of likely N-dealkylation sites (N-methyl/N-ethyl adjacent to an activating group) is 2. The van der Waals surface area contributed by atoms with Crippen LogP contribution >= 0.6 is 0 Å². The van der Waals surface area contributed by atoms with Crippen LogP contribution in [-0.2, 0) is 0 Å². The van der Waals surface area contributed by atoms with Gasteiger partial charge in [0.25, 0.3) is 0 Å². The molecule has 2 heteroatoms. The second-order valence-electron chi connectivity index (χ2n) is 3.38. The van der Waals surface area contributed by atoms with Gasteiger partial charge in [0.1, 0.15) is 6.67 Å². The third kappa shape index (κ3) is 1.20. The molecule has 0 aromatic carbocycles. The minimum absolute atomic E-state index is 1.16. The number of rotatable bonds is 0. The summed E-state index contributed by atoms with van der Waals surface area (Å²) in [5, 5.41) is 0. The summed E-state index contributed by atoms with van der Waals surface area (Å²) in [6, 6.07) is 0. The molecule has 0 aromatic heterocycles. The van der Waals surface area contributed by atoms with Gasteiger partial charge in [-0.05, 0) is 7.05 Å². The molecule has 1 rings (SSSR count). The van der Waals surface area contributed by atoms with Crippen molar-refractivity contribution in [3.05, 3.63) is 0 Å². The van der Waals surface area contributed by atoms with Gasteiger partial charge >= 0.3 is 0 Å². The Bertz CT molecular complexity index is 88.5. The van der Waals surface area contributed by atoms with Crippen LogP contribution in [0.15, 0.2) is 0 Å². The van der Waals surface area contributed by atoms with E-state index in [1.165, 1.54) is 19.8 Å². The van der Waals surface area contributed by atoms with Crippen molar-refractivity contribution in [1.29, 1.82) is 0 Å². The normalized spacial score (nSPS) is 28.9. The van der Waals surface area contributed by atoms with Gasteiger partial charge < -0.3 is 4.48 Å². The minimum Gasteiger partial charge on any atom is -0.315 e. The van der Waals surface area contributed by atoms with E-state index in [0.717, 1.165) is 4.48 Å². The molecular weight excluding hydrogens is 100 g/mol. The van der Waals surface area contributed by atoms with Crippen LogP contribution in [0.25, 0.3) is 0 Å². The Morgan fingerprint density at radius 2 is 2.00 bits per heavy atom. The molecule has 2 nitrogen and oxygen atoms in total. The molecule has 0 atom stereocenters. The van der Waals surface area contributed by atoms with E-state index >= 15 is 0 Å². The van der Waals surface area contributed by atoms with E-state index in [9.17, 15) is 0 Å². The van der Waals surface area contributed by atoms with Crippen molar-refractivity contribution >= 4 is 0 Å². The SMILES string of the molecule is CN1CC[N+](C)(C)C1. The van der Waals surface area contributed by atoms with Gasteiger partial charge in [-0.3, -0.25) is 4.90 Å². The van der Waals surface area contributed by atoms with Gasteiger partial charge in [0, 0.05) is 0 Å². The number of hydrogen-bond acceptors (Lipinski definition) is 1. The highest BCUT2D eigenvalue weighted by Gasteiger charge is 2.24. The average Bonchev–Trinajstić information content (AvgIpc) is 1.82. The fourth-order valence-corrected chi connectivity index (χ4v) is 1.24. The predicted octanol–water partition coefficient (Wildman–Crippen LogP) is -0.0343. The number of quaternary nitrogens is 1. The summed E-state index contributed by atoms with van der Waals surface area (Å²) in [4.78, 5) is 2.36. The molecule has 0 N–H and O–H groups in total. The van der Waals surface area contributed by atoms with Gasteiger partial charge in [-0.25, -0.2) is 0 Å². The van der Waals surface area contributed by atoms with E-state index in [0.29, 0.717) is 0 Å². The van der Waals surface area contributed by atoms with Crippen LogP contribution in [0.5, 0.6) is 0 Å². The lowest BCUT2D eigenvalue weighted by molar-refractivity contribution is -0.882. The van der Waals surface area contributed by atoms with E-state index in [4.69, 9.17) is 0 Å². The first-order valence-corrected chi connectivity index (χ1v) is 3.11. The maximum absolute atomic E-state index is 2.36.